The molecule has 1 aliphatic heterocycles. The predicted molar refractivity (Wildman–Crippen MR) is 76.6 cm³/mol. The third kappa shape index (κ3) is 2.33. The minimum atomic E-state index is -0.299. The van der Waals surface area contributed by atoms with Crippen molar-refractivity contribution in [3.05, 3.63) is 71.0 Å². The molecule has 0 saturated heterocycles. The van der Waals surface area contributed by atoms with Crippen LogP contribution < -0.4 is 0 Å². The molecule has 0 unspecified atom stereocenters. The van der Waals surface area contributed by atoms with Gasteiger partial charge in [0.2, 0.25) is 0 Å². The molecule has 0 spiro atoms. The van der Waals surface area contributed by atoms with Gasteiger partial charge in [0.1, 0.15) is 5.82 Å². The van der Waals surface area contributed by atoms with Crippen molar-refractivity contribution in [3.63, 3.8) is 0 Å². The molecule has 1 heterocycles. The van der Waals surface area contributed by atoms with Gasteiger partial charge in [-0.3, -0.25) is 14.5 Å². The van der Waals surface area contributed by atoms with Crippen molar-refractivity contribution in [3.8, 4) is 0 Å². The van der Waals surface area contributed by atoms with Crippen molar-refractivity contribution < 1.29 is 14.0 Å². The van der Waals surface area contributed by atoms with Crippen LogP contribution in [0.4, 0.5) is 4.39 Å². The Bertz CT molecular complexity index is 674. The molecule has 0 aliphatic carbocycles. The van der Waals surface area contributed by atoms with Crippen LogP contribution in [0.3, 0.4) is 0 Å². The van der Waals surface area contributed by atoms with Gasteiger partial charge in [-0.2, -0.15) is 0 Å². The summed E-state index contributed by atoms with van der Waals surface area (Å²) in [4.78, 5) is 25.8. The van der Waals surface area contributed by atoms with Gasteiger partial charge in [0.25, 0.3) is 11.8 Å². The Balaban J connectivity index is 1.82. The average Bonchev–Trinajstić information content (AvgIpc) is 2.73. The number of halogens is 1. The summed E-state index contributed by atoms with van der Waals surface area (Å²) < 4.78 is 12.9. The van der Waals surface area contributed by atoms with E-state index in [2.05, 4.69) is 0 Å². The third-order valence-corrected chi connectivity index (χ3v) is 3.77. The van der Waals surface area contributed by atoms with Crippen LogP contribution in [0, 0.1) is 5.82 Å². The zero-order valence-corrected chi connectivity index (χ0v) is 11.5. The Morgan fingerprint density at radius 1 is 0.952 bits per heavy atom. The predicted octanol–water partition coefficient (Wildman–Crippen LogP) is 3.23. The fourth-order valence-electron chi connectivity index (χ4n) is 2.58. The average molecular weight is 283 g/mol. The lowest BCUT2D eigenvalue weighted by atomic mass is 10.0. The highest BCUT2D eigenvalue weighted by Gasteiger charge is 2.35. The molecule has 2 aromatic rings. The largest absolute Gasteiger partial charge is 0.274 e. The molecular formula is C17H14FNO2. The van der Waals surface area contributed by atoms with Crippen molar-refractivity contribution >= 4 is 11.8 Å². The first-order chi connectivity index (χ1) is 10.1. The molecule has 0 N–H and O–H groups in total. The number of nitrogens with zero attached hydrogens (tertiary/aromatic N) is 1. The molecule has 2 amide bonds. The molecule has 1 atom stereocenters. The van der Waals surface area contributed by atoms with E-state index in [1.54, 1.807) is 36.4 Å². The molecule has 1 aliphatic rings. The smallest absolute Gasteiger partial charge is 0.261 e. The number of amides is 2. The van der Waals surface area contributed by atoms with E-state index in [-0.39, 0.29) is 30.1 Å². The van der Waals surface area contributed by atoms with Crippen LogP contribution in [0.25, 0.3) is 0 Å². The molecule has 0 saturated carbocycles. The standard InChI is InChI=1S/C17H14FNO2/c1-11(12-6-8-13(18)9-7-12)10-19-16(20)14-4-2-3-5-15(14)17(19)21/h2-9,11H,10H2,1H3/t11-/m1/s1. The zero-order chi connectivity index (χ0) is 15.0. The van der Waals surface area contributed by atoms with Crippen LogP contribution in [-0.2, 0) is 0 Å². The molecule has 0 radical (unpaired) electrons. The fourth-order valence-corrected chi connectivity index (χ4v) is 2.58. The number of imide groups is 1. The van der Waals surface area contributed by atoms with Gasteiger partial charge in [0.15, 0.2) is 0 Å². The van der Waals surface area contributed by atoms with E-state index in [0.29, 0.717) is 11.1 Å². The van der Waals surface area contributed by atoms with Gasteiger partial charge in [0, 0.05) is 6.54 Å². The van der Waals surface area contributed by atoms with Gasteiger partial charge >= 0.3 is 0 Å². The van der Waals surface area contributed by atoms with Crippen LogP contribution in [0.5, 0.6) is 0 Å². The van der Waals surface area contributed by atoms with Crippen LogP contribution in [-0.4, -0.2) is 23.3 Å². The number of carbonyl (C=O) groups is 2. The summed E-state index contributed by atoms with van der Waals surface area (Å²) in [6.45, 7) is 2.20. The molecule has 0 bridgehead atoms. The summed E-state index contributed by atoms with van der Waals surface area (Å²) in [7, 11) is 0. The normalized spacial score (nSPS) is 15.2. The Kier molecular flexibility index (Phi) is 3.29. The van der Waals surface area contributed by atoms with Crippen molar-refractivity contribution in [2.45, 2.75) is 12.8 Å². The van der Waals surface area contributed by atoms with Crippen LogP contribution in [0.2, 0.25) is 0 Å². The molecule has 21 heavy (non-hydrogen) atoms. The number of hydrogen-bond donors (Lipinski definition) is 0. The Morgan fingerprint density at radius 3 is 2.00 bits per heavy atom. The lowest BCUT2D eigenvalue weighted by Crippen LogP contribution is -2.33. The molecule has 3 rings (SSSR count). The summed E-state index contributed by atoms with van der Waals surface area (Å²) in [5.74, 6) is -0.867. The van der Waals surface area contributed by atoms with Crippen molar-refractivity contribution in [1.82, 2.24) is 4.90 Å². The van der Waals surface area contributed by atoms with E-state index in [1.165, 1.54) is 17.0 Å². The molecule has 106 valence electrons. The minimum Gasteiger partial charge on any atom is -0.274 e. The van der Waals surface area contributed by atoms with Crippen LogP contribution >= 0.6 is 0 Å². The second-order valence-electron chi connectivity index (χ2n) is 5.22. The first-order valence-corrected chi connectivity index (χ1v) is 6.78. The summed E-state index contributed by atoms with van der Waals surface area (Å²) in [6, 6.07) is 12.9. The first-order valence-electron chi connectivity index (χ1n) is 6.78. The Hall–Kier alpha value is -2.49. The molecule has 3 nitrogen and oxygen atoms in total. The number of fused-ring (bicyclic) bond motifs is 1. The van der Waals surface area contributed by atoms with Crippen LogP contribution in [0.1, 0.15) is 39.1 Å². The number of hydrogen-bond acceptors (Lipinski definition) is 2. The molecule has 0 fully saturated rings. The summed E-state index contributed by atoms with van der Waals surface area (Å²) in [5, 5.41) is 0. The Labute approximate surface area is 122 Å². The highest BCUT2D eigenvalue weighted by Crippen LogP contribution is 2.26. The SMILES string of the molecule is C[C@H](CN1C(=O)c2ccccc2C1=O)c1ccc(F)cc1. The second kappa shape index (κ2) is 5.13. The quantitative estimate of drug-likeness (QED) is 0.811. The zero-order valence-electron chi connectivity index (χ0n) is 11.5. The van der Waals surface area contributed by atoms with E-state index in [4.69, 9.17) is 0 Å². The maximum atomic E-state index is 12.9. The van der Waals surface area contributed by atoms with Gasteiger partial charge in [-0.25, -0.2) is 4.39 Å². The van der Waals surface area contributed by atoms with Gasteiger partial charge in [-0.15, -0.1) is 0 Å². The summed E-state index contributed by atoms with van der Waals surface area (Å²) in [6.07, 6.45) is 0. The fraction of sp³-hybridized carbons (Fsp3) is 0.176. The van der Waals surface area contributed by atoms with Gasteiger partial charge in [0.05, 0.1) is 11.1 Å². The summed E-state index contributed by atoms with van der Waals surface area (Å²) in [5.41, 5.74) is 1.80. The van der Waals surface area contributed by atoms with Gasteiger partial charge in [-0.05, 0) is 35.7 Å². The van der Waals surface area contributed by atoms with Crippen molar-refractivity contribution in [2.75, 3.05) is 6.54 Å². The van der Waals surface area contributed by atoms with Crippen molar-refractivity contribution in [1.29, 1.82) is 0 Å². The number of benzene rings is 2. The third-order valence-electron chi connectivity index (χ3n) is 3.77. The Morgan fingerprint density at radius 2 is 1.48 bits per heavy atom. The second-order valence-corrected chi connectivity index (χ2v) is 5.22. The monoisotopic (exact) mass is 283 g/mol. The lowest BCUT2D eigenvalue weighted by molar-refractivity contribution is 0.0646. The molecule has 2 aromatic carbocycles. The maximum absolute atomic E-state index is 12.9. The summed E-state index contributed by atoms with van der Waals surface area (Å²) >= 11 is 0. The molecule has 4 heteroatoms. The number of carbonyl (C=O) groups excluding carboxylic acids is 2. The minimum absolute atomic E-state index is 0.0483. The topological polar surface area (TPSA) is 37.4 Å². The van der Waals surface area contributed by atoms with Crippen LogP contribution in [0.15, 0.2) is 48.5 Å². The molecular weight excluding hydrogens is 269 g/mol. The first kappa shape index (κ1) is 13.5. The highest BCUT2D eigenvalue weighted by atomic mass is 19.1. The van der Waals surface area contributed by atoms with E-state index in [0.717, 1.165) is 5.56 Å². The lowest BCUT2D eigenvalue weighted by Gasteiger charge is -2.19. The maximum Gasteiger partial charge on any atom is 0.261 e. The van der Waals surface area contributed by atoms with E-state index < -0.39 is 0 Å². The van der Waals surface area contributed by atoms with Crippen molar-refractivity contribution in [2.24, 2.45) is 0 Å². The molecule has 0 aromatic heterocycles. The van der Waals surface area contributed by atoms with E-state index in [9.17, 15) is 14.0 Å². The van der Waals surface area contributed by atoms with Gasteiger partial charge < -0.3 is 0 Å². The number of rotatable bonds is 3. The van der Waals surface area contributed by atoms with E-state index >= 15 is 0 Å². The van der Waals surface area contributed by atoms with E-state index in [1.807, 2.05) is 6.92 Å². The highest BCUT2D eigenvalue weighted by molar-refractivity contribution is 6.21. The van der Waals surface area contributed by atoms with Gasteiger partial charge in [-0.1, -0.05) is 31.2 Å².